The number of amides is 1. The number of β-amino-alcohol motifs (C(OH)–C–C–N with tert-alkyl or cyclic N) is 1. The molecule has 25 heavy (non-hydrogen) atoms. The van der Waals surface area contributed by atoms with E-state index in [-0.39, 0.29) is 12.3 Å². The van der Waals surface area contributed by atoms with E-state index < -0.39 is 5.60 Å². The second-order valence-corrected chi connectivity index (χ2v) is 6.21. The Bertz CT molecular complexity index is 725. The van der Waals surface area contributed by atoms with Gasteiger partial charge >= 0.3 is 0 Å². The van der Waals surface area contributed by atoms with Gasteiger partial charge < -0.3 is 20.1 Å². The minimum Gasteiger partial charge on any atom is -0.439 e. The monoisotopic (exact) mass is 342 g/mol. The summed E-state index contributed by atoms with van der Waals surface area (Å²) in [7, 11) is 1.57. The van der Waals surface area contributed by atoms with Crippen LogP contribution in [0.4, 0.5) is 5.95 Å². The lowest BCUT2D eigenvalue weighted by Gasteiger charge is -2.38. The molecule has 1 aliphatic heterocycles. The number of ether oxygens (including phenoxy) is 1. The Hall–Kier alpha value is -2.67. The lowest BCUT2D eigenvalue weighted by atomic mass is 9.89. The highest BCUT2D eigenvalue weighted by molar-refractivity contribution is 5.76. The first-order chi connectivity index (χ1) is 12.1. The Morgan fingerprint density at radius 3 is 2.92 bits per heavy atom. The van der Waals surface area contributed by atoms with Crippen molar-refractivity contribution in [3.05, 3.63) is 42.6 Å². The van der Waals surface area contributed by atoms with Gasteiger partial charge in [0.1, 0.15) is 5.75 Å². The van der Waals surface area contributed by atoms with Gasteiger partial charge in [-0.15, -0.1) is 0 Å². The van der Waals surface area contributed by atoms with Crippen LogP contribution in [0.3, 0.4) is 0 Å². The number of hydrogen-bond acceptors (Lipinski definition) is 6. The van der Waals surface area contributed by atoms with Crippen LogP contribution in [0.5, 0.6) is 11.6 Å². The third-order valence-electron chi connectivity index (χ3n) is 4.19. The molecule has 0 saturated carbocycles. The number of hydrogen-bond donors (Lipinski definition) is 2. The molecule has 1 amide bonds. The number of piperidine rings is 1. The molecule has 1 unspecified atom stereocenters. The molecule has 2 N–H and O–H groups in total. The van der Waals surface area contributed by atoms with Gasteiger partial charge in [0.15, 0.2) is 0 Å². The molecule has 132 valence electrons. The number of carbonyl (C=O) groups excluding carboxylic acids is 1. The fraction of sp³-hybridized carbons (Fsp3) is 0.389. The van der Waals surface area contributed by atoms with Crippen LogP contribution in [0.15, 0.2) is 42.6 Å². The van der Waals surface area contributed by atoms with E-state index in [1.54, 1.807) is 19.3 Å². The van der Waals surface area contributed by atoms with Crippen LogP contribution in [0.25, 0.3) is 0 Å². The highest BCUT2D eigenvalue weighted by Crippen LogP contribution is 2.28. The molecule has 7 heteroatoms. The summed E-state index contributed by atoms with van der Waals surface area (Å²) in [5.74, 6) is 1.45. The van der Waals surface area contributed by atoms with Gasteiger partial charge in [-0.3, -0.25) is 4.79 Å². The number of aliphatic hydroxyl groups is 1. The largest absolute Gasteiger partial charge is 0.439 e. The van der Waals surface area contributed by atoms with Crippen molar-refractivity contribution in [3.8, 4) is 11.6 Å². The molecule has 0 aliphatic carbocycles. The van der Waals surface area contributed by atoms with Gasteiger partial charge in [0.25, 0.3) is 0 Å². The number of benzene rings is 1. The van der Waals surface area contributed by atoms with Crippen LogP contribution in [-0.2, 0) is 4.79 Å². The molecule has 0 radical (unpaired) electrons. The number of rotatable bonds is 5. The molecule has 1 fully saturated rings. The molecule has 0 bridgehead atoms. The Morgan fingerprint density at radius 1 is 1.36 bits per heavy atom. The minimum absolute atomic E-state index is 0.0696. The molecule has 1 atom stereocenters. The van der Waals surface area contributed by atoms with E-state index in [9.17, 15) is 9.90 Å². The number of carbonyl (C=O) groups is 1. The molecule has 2 aromatic rings. The van der Waals surface area contributed by atoms with Gasteiger partial charge in [-0.2, -0.15) is 4.98 Å². The van der Waals surface area contributed by atoms with Crippen molar-refractivity contribution in [1.82, 2.24) is 15.3 Å². The molecular weight excluding hydrogens is 320 g/mol. The standard InChI is InChI=1S/C18H22N4O3/c1-19-15(23)12-18(24)9-5-11-22(13-18)17-20-10-8-16(21-17)25-14-6-3-2-4-7-14/h2-4,6-8,10,24H,5,9,11-13H2,1H3,(H,19,23). The van der Waals surface area contributed by atoms with Crippen LogP contribution in [-0.4, -0.2) is 46.7 Å². The second-order valence-electron chi connectivity index (χ2n) is 6.21. The normalized spacial score (nSPS) is 20.2. The fourth-order valence-corrected chi connectivity index (χ4v) is 2.97. The maximum atomic E-state index is 11.6. The summed E-state index contributed by atoms with van der Waals surface area (Å²) in [6.45, 7) is 1.04. The summed E-state index contributed by atoms with van der Waals surface area (Å²) >= 11 is 0. The van der Waals surface area contributed by atoms with E-state index >= 15 is 0 Å². The molecule has 7 nitrogen and oxygen atoms in total. The first-order valence-corrected chi connectivity index (χ1v) is 8.32. The topological polar surface area (TPSA) is 87.6 Å². The van der Waals surface area contributed by atoms with Crippen LogP contribution >= 0.6 is 0 Å². The van der Waals surface area contributed by atoms with E-state index in [0.717, 1.165) is 13.0 Å². The third-order valence-corrected chi connectivity index (χ3v) is 4.19. The van der Waals surface area contributed by atoms with Crippen molar-refractivity contribution < 1.29 is 14.6 Å². The minimum atomic E-state index is -1.07. The maximum absolute atomic E-state index is 11.6. The third kappa shape index (κ3) is 4.45. The van der Waals surface area contributed by atoms with Gasteiger partial charge in [-0.1, -0.05) is 18.2 Å². The molecule has 1 saturated heterocycles. The summed E-state index contributed by atoms with van der Waals surface area (Å²) in [6, 6.07) is 11.1. The molecule has 0 spiro atoms. The maximum Gasteiger partial charge on any atom is 0.228 e. The molecule has 1 aromatic heterocycles. The number of nitrogens with zero attached hydrogens (tertiary/aromatic N) is 3. The van der Waals surface area contributed by atoms with E-state index in [2.05, 4.69) is 15.3 Å². The zero-order valence-electron chi connectivity index (χ0n) is 14.2. The zero-order chi connectivity index (χ0) is 17.7. The first kappa shape index (κ1) is 17.2. The summed E-state index contributed by atoms with van der Waals surface area (Å²) in [6.07, 6.45) is 3.05. The highest BCUT2D eigenvalue weighted by Gasteiger charge is 2.36. The zero-order valence-corrected chi connectivity index (χ0v) is 14.2. The first-order valence-electron chi connectivity index (χ1n) is 8.32. The molecule has 1 aromatic carbocycles. The van der Waals surface area contributed by atoms with Crippen molar-refractivity contribution in [3.63, 3.8) is 0 Å². The lowest BCUT2D eigenvalue weighted by molar-refractivity contribution is -0.125. The Kier molecular flexibility index (Phi) is 5.14. The van der Waals surface area contributed by atoms with Gasteiger partial charge in [-0.25, -0.2) is 4.98 Å². The van der Waals surface area contributed by atoms with E-state index in [0.29, 0.717) is 30.5 Å². The number of para-hydroxylation sites is 1. The quantitative estimate of drug-likeness (QED) is 0.860. The van der Waals surface area contributed by atoms with E-state index in [1.807, 2.05) is 35.2 Å². The van der Waals surface area contributed by atoms with Gasteiger partial charge in [0.2, 0.25) is 17.7 Å². The number of nitrogens with one attached hydrogen (secondary N) is 1. The van der Waals surface area contributed by atoms with Crippen LogP contribution < -0.4 is 15.0 Å². The van der Waals surface area contributed by atoms with Crippen molar-refractivity contribution in [2.24, 2.45) is 0 Å². The van der Waals surface area contributed by atoms with Crippen LogP contribution in [0.2, 0.25) is 0 Å². The lowest BCUT2D eigenvalue weighted by Crippen LogP contribution is -2.50. The van der Waals surface area contributed by atoms with Crippen molar-refractivity contribution >= 4 is 11.9 Å². The van der Waals surface area contributed by atoms with Gasteiger partial charge in [0, 0.05) is 25.9 Å². The highest BCUT2D eigenvalue weighted by atomic mass is 16.5. The molecule has 1 aliphatic rings. The Morgan fingerprint density at radius 2 is 2.16 bits per heavy atom. The van der Waals surface area contributed by atoms with Crippen molar-refractivity contribution in [1.29, 1.82) is 0 Å². The molecule has 2 heterocycles. The average molecular weight is 342 g/mol. The van der Waals surface area contributed by atoms with Gasteiger partial charge in [-0.05, 0) is 25.0 Å². The molecule has 3 rings (SSSR count). The smallest absolute Gasteiger partial charge is 0.228 e. The predicted octanol–water partition coefficient (Wildman–Crippen LogP) is 1.74. The molecular formula is C18H22N4O3. The van der Waals surface area contributed by atoms with E-state index in [4.69, 9.17) is 4.74 Å². The number of aromatic nitrogens is 2. The fourth-order valence-electron chi connectivity index (χ4n) is 2.97. The Labute approximate surface area is 146 Å². The second kappa shape index (κ2) is 7.48. The summed E-state index contributed by atoms with van der Waals surface area (Å²) in [5.41, 5.74) is -1.07. The Balaban J connectivity index is 1.73. The summed E-state index contributed by atoms with van der Waals surface area (Å²) in [4.78, 5) is 22.3. The van der Waals surface area contributed by atoms with E-state index in [1.165, 1.54) is 0 Å². The van der Waals surface area contributed by atoms with Gasteiger partial charge in [0.05, 0.1) is 18.6 Å². The predicted molar refractivity (Wildman–Crippen MR) is 93.6 cm³/mol. The summed E-state index contributed by atoms with van der Waals surface area (Å²) in [5, 5.41) is 13.3. The SMILES string of the molecule is CNC(=O)CC1(O)CCCN(c2nccc(Oc3ccccc3)n2)C1. The van der Waals surface area contributed by atoms with Crippen LogP contribution in [0, 0.1) is 0 Å². The average Bonchev–Trinajstić information content (AvgIpc) is 2.62. The van der Waals surface area contributed by atoms with Crippen molar-refractivity contribution in [2.45, 2.75) is 24.9 Å². The van der Waals surface area contributed by atoms with Crippen LogP contribution in [0.1, 0.15) is 19.3 Å². The summed E-state index contributed by atoms with van der Waals surface area (Å²) < 4.78 is 5.74. The van der Waals surface area contributed by atoms with Crippen molar-refractivity contribution in [2.75, 3.05) is 25.0 Å². The number of anilines is 1.